The monoisotopic (exact) mass is 675 g/mol. The van der Waals surface area contributed by atoms with Gasteiger partial charge in [-0.25, -0.2) is 19.9 Å². The van der Waals surface area contributed by atoms with Crippen molar-refractivity contribution in [1.82, 2.24) is 4.57 Å². The number of esters is 2. The Balaban J connectivity index is 1.29. The van der Waals surface area contributed by atoms with E-state index < -0.39 is 34.1 Å². The van der Waals surface area contributed by atoms with E-state index in [0.29, 0.717) is 17.5 Å². The molecule has 1 aliphatic rings. The molecular formula is C34H33N3O10S. The van der Waals surface area contributed by atoms with Crippen LogP contribution in [-0.2, 0) is 43.0 Å². The molecule has 0 saturated carbocycles. The molecule has 0 aliphatic carbocycles. The van der Waals surface area contributed by atoms with Gasteiger partial charge in [0, 0.05) is 41.8 Å². The number of hydrogen-bond donors (Lipinski definition) is 1. The fourth-order valence-corrected chi connectivity index (χ4v) is 5.69. The zero-order valence-electron chi connectivity index (χ0n) is 26.5. The van der Waals surface area contributed by atoms with Crippen molar-refractivity contribution in [1.29, 1.82) is 0 Å². The third-order valence-electron chi connectivity index (χ3n) is 7.67. The Kier molecular flexibility index (Phi) is 10.4. The molecule has 0 saturated heterocycles. The predicted octanol–water partition coefficient (Wildman–Crippen LogP) is 5.03. The van der Waals surface area contributed by atoms with Gasteiger partial charge < -0.3 is 23.6 Å². The van der Waals surface area contributed by atoms with Crippen molar-refractivity contribution in [3.05, 3.63) is 101 Å². The third-order valence-corrected chi connectivity index (χ3v) is 8.81. The number of nitrogens with one attached hydrogen (secondary N) is 1. The minimum absolute atomic E-state index is 0.0506. The maximum Gasteiger partial charge on any atom is 0.368 e. The summed E-state index contributed by atoms with van der Waals surface area (Å²) < 4.78 is 47.8. The summed E-state index contributed by atoms with van der Waals surface area (Å²) in [4.78, 5) is 42.2. The van der Waals surface area contributed by atoms with Crippen LogP contribution in [0, 0.1) is 0 Å². The average molecular weight is 676 g/mol. The number of hydrogen-bond acceptors (Lipinski definition) is 12. The van der Waals surface area contributed by atoms with Crippen LogP contribution in [0.2, 0.25) is 0 Å². The van der Waals surface area contributed by atoms with E-state index in [1.165, 1.54) is 43.5 Å². The quantitative estimate of drug-likeness (QED) is 0.0876. The van der Waals surface area contributed by atoms with Gasteiger partial charge in [-0.05, 0) is 56.3 Å². The second-order valence-electron chi connectivity index (χ2n) is 10.8. The molecule has 13 nitrogen and oxygen atoms in total. The van der Waals surface area contributed by atoms with E-state index in [2.05, 4.69) is 10.6 Å². The molecule has 250 valence electrons. The van der Waals surface area contributed by atoms with Gasteiger partial charge in [-0.15, -0.1) is 4.28 Å². The molecule has 5 rings (SSSR count). The number of anilines is 1. The Bertz CT molecular complexity index is 2020. The van der Waals surface area contributed by atoms with Crippen molar-refractivity contribution in [2.45, 2.75) is 37.3 Å². The molecule has 48 heavy (non-hydrogen) atoms. The number of oxime groups is 1. The molecular weight excluding hydrogens is 642 g/mol. The molecule has 1 N–H and O–H groups in total. The largest absolute Gasteiger partial charge is 0.467 e. The van der Waals surface area contributed by atoms with Crippen LogP contribution in [-0.4, -0.2) is 63.5 Å². The molecule has 0 bridgehead atoms. The zero-order valence-corrected chi connectivity index (χ0v) is 27.4. The average Bonchev–Trinajstić information content (AvgIpc) is 3.66. The second kappa shape index (κ2) is 14.6. The number of rotatable bonds is 13. The smallest absolute Gasteiger partial charge is 0.368 e. The zero-order chi connectivity index (χ0) is 34.4. The Labute approximate surface area is 276 Å². The number of benzene rings is 3. The number of methoxy groups -OCH3 is 2. The summed E-state index contributed by atoms with van der Waals surface area (Å²) >= 11 is 0. The molecule has 0 spiro atoms. The summed E-state index contributed by atoms with van der Waals surface area (Å²) in [6.45, 7) is 3.67. The number of para-hydroxylation sites is 1. The lowest BCUT2D eigenvalue weighted by atomic mass is 10.0. The first-order chi connectivity index (χ1) is 23.0. The van der Waals surface area contributed by atoms with Gasteiger partial charge >= 0.3 is 28.0 Å². The summed E-state index contributed by atoms with van der Waals surface area (Å²) in [7, 11) is -1.45. The fraction of sp³-hybridized carbons (Fsp3) is 0.235. The van der Waals surface area contributed by atoms with Gasteiger partial charge in [0.05, 0.1) is 41.5 Å². The third kappa shape index (κ3) is 7.46. The van der Waals surface area contributed by atoms with E-state index in [-0.39, 0.29) is 40.1 Å². The minimum atomic E-state index is -4.33. The van der Waals surface area contributed by atoms with E-state index in [9.17, 15) is 22.8 Å². The number of nitrogens with zero attached hydrogens (tertiary/aromatic N) is 2. The topological polar surface area (TPSA) is 161 Å². The Morgan fingerprint density at radius 1 is 1.02 bits per heavy atom. The van der Waals surface area contributed by atoms with Crippen LogP contribution in [0.1, 0.15) is 47.8 Å². The number of ether oxygens (including phenoxy) is 3. The highest BCUT2D eigenvalue weighted by Gasteiger charge is 2.28. The van der Waals surface area contributed by atoms with E-state index in [1.807, 2.05) is 31.2 Å². The van der Waals surface area contributed by atoms with Crippen molar-refractivity contribution >= 4 is 56.4 Å². The van der Waals surface area contributed by atoms with Crippen molar-refractivity contribution in [3.63, 3.8) is 0 Å². The lowest BCUT2D eigenvalue weighted by Gasteiger charge is -2.12. The first-order valence-electron chi connectivity index (χ1n) is 14.8. The van der Waals surface area contributed by atoms with Crippen LogP contribution in [0.4, 0.5) is 5.69 Å². The molecule has 2 atom stereocenters. The molecule has 3 aromatic carbocycles. The van der Waals surface area contributed by atoms with E-state index in [0.717, 1.165) is 10.9 Å². The first kappa shape index (κ1) is 34.0. The normalized spacial score (nSPS) is 15.1. The summed E-state index contributed by atoms with van der Waals surface area (Å²) in [5, 5.41) is 4.77. The maximum absolute atomic E-state index is 12.9. The molecule has 0 radical (unpaired) electrons. The highest BCUT2D eigenvalue weighted by atomic mass is 32.2. The number of carbonyl (C=O) groups is 3. The second-order valence-corrected chi connectivity index (χ2v) is 12.3. The molecule has 4 aromatic rings. The fourth-order valence-electron chi connectivity index (χ4n) is 4.87. The number of carbonyl (C=O) groups excluding carboxylic acids is 3. The Morgan fingerprint density at radius 2 is 1.77 bits per heavy atom. The lowest BCUT2D eigenvalue weighted by molar-refractivity contribution is -0.144. The molecule has 2 unspecified atom stereocenters. The van der Waals surface area contributed by atoms with Gasteiger partial charge in [0.2, 0.25) is 0 Å². The molecule has 14 heteroatoms. The number of fused-ring (bicyclic) bond motifs is 1. The van der Waals surface area contributed by atoms with Gasteiger partial charge in [0.15, 0.2) is 0 Å². The van der Waals surface area contributed by atoms with Crippen LogP contribution in [0.25, 0.3) is 17.0 Å². The summed E-state index contributed by atoms with van der Waals surface area (Å²) in [6.07, 6.45) is 3.80. The van der Waals surface area contributed by atoms with Crippen LogP contribution in [0.3, 0.4) is 0 Å². The van der Waals surface area contributed by atoms with E-state index in [1.54, 1.807) is 43.0 Å². The SMILES string of the molecule is COC(=O)C(C)n1cc(/C=C2\C(=O)ON=C2c2ccc(NOS(=O)(=O)c3cccc(C(=O)OCCC(C)OC)c3)cc2)c2ccccc21. The first-order valence-corrected chi connectivity index (χ1v) is 16.2. The van der Waals surface area contributed by atoms with Crippen LogP contribution in [0.5, 0.6) is 0 Å². The van der Waals surface area contributed by atoms with Crippen LogP contribution >= 0.6 is 0 Å². The van der Waals surface area contributed by atoms with Crippen molar-refractivity contribution in [3.8, 4) is 0 Å². The molecule has 2 heterocycles. The summed E-state index contributed by atoms with van der Waals surface area (Å²) in [5.74, 6) is -1.75. The van der Waals surface area contributed by atoms with Crippen molar-refractivity contribution in [2.24, 2.45) is 5.16 Å². The summed E-state index contributed by atoms with van der Waals surface area (Å²) in [5.41, 5.74) is 5.13. The van der Waals surface area contributed by atoms with Crippen molar-refractivity contribution < 1.29 is 46.1 Å². The number of aromatic nitrogens is 1. The van der Waals surface area contributed by atoms with E-state index in [4.69, 9.17) is 23.3 Å². The van der Waals surface area contributed by atoms with Gasteiger partial charge in [0.1, 0.15) is 11.8 Å². The minimum Gasteiger partial charge on any atom is -0.467 e. The Hall–Kier alpha value is -5.31. The standard InChI is InChI=1S/C34H33N3O10S/c1-21(43-3)16-17-45-33(39)24-8-7-9-27(18-24)48(41,42)47-35-26-14-12-23(13-15-26)31-29(34(40)46-36-31)19-25-20-37(22(2)32(38)44-4)30-11-6-5-10-28(25)30/h5-15,18-22,35H,16-17H2,1-4H3/b29-19-. The maximum atomic E-state index is 12.9. The van der Waals surface area contributed by atoms with Gasteiger partial charge in [0.25, 0.3) is 0 Å². The van der Waals surface area contributed by atoms with Crippen LogP contribution < -0.4 is 5.48 Å². The highest BCUT2D eigenvalue weighted by Crippen LogP contribution is 2.29. The summed E-state index contributed by atoms with van der Waals surface area (Å²) in [6, 6.07) is 18.4. The molecule has 1 aromatic heterocycles. The van der Waals surface area contributed by atoms with Crippen LogP contribution in [0.15, 0.2) is 94.6 Å². The lowest BCUT2D eigenvalue weighted by Crippen LogP contribution is -2.16. The van der Waals surface area contributed by atoms with Gasteiger partial charge in [-0.2, -0.15) is 8.42 Å². The molecule has 1 aliphatic heterocycles. The van der Waals surface area contributed by atoms with Crippen molar-refractivity contribution in [2.75, 3.05) is 26.3 Å². The highest BCUT2D eigenvalue weighted by molar-refractivity contribution is 7.86. The molecule has 0 fully saturated rings. The van der Waals surface area contributed by atoms with E-state index >= 15 is 0 Å². The Morgan fingerprint density at radius 3 is 2.50 bits per heavy atom. The molecule has 0 amide bonds. The van der Waals surface area contributed by atoms with Gasteiger partial charge in [-0.1, -0.05) is 41.6 Å². The van der Waals surface area contributed by atoms with Gasteiger partial charge in [-0.3, -0.25) is 0 Å². The predicted molar refractivity (Wildman–Crippen MR) is 175 cm³/mol.